The number of azide groups is 1. The van der Waals surface area contributed by atoms with Crippen molar-refractivity contribution in [2.75, 3.05) is 0 Å². The molecule has 160 valence electrons. The molecule has 0 amide bonds. The molecule has 0 aliphatic heterocycles. The van der Waals surface area contributed by atoms with E-state index >= 15 is 0 Å². The summed E-state index contributed by atoms with van der Waals surface area (Å²) in [4.78, 5) is 28.7. The smallest absolute Gasteiger partial charge is 0.250 e. The number of nitrogens with zero attached hydrogens (tertiary/aromatic N) is 3. The van der Waals surface area contributed by atoms with Crippen LogP contribution in [0.2, 0.25) is 18.1 Å². The number of allylic oxidation sites excluding steroid dienone is 7. The van der Waals surface area contributed by atoms with E-state index in [0.717, 1.165) is 5.57 Å². The van der Waals surface area contributed by atoms with E-state index in [1.165, 1.54) is 0 Å². The third kappa shape index (κ3) is 4.48. The van der Waals surface area contributed by atoms with Crippen LogP contribution in [-0.4, -0.2) is 19.9 Å². The van der Waals surface area contributed by atoms with Crippen LogP contribution in [0.5, 0.6) is 5.75 Å². The minimum atomic E-state index is -2.14. The second-order valence-corrected chi connectivity index (χ2v) is 14.0. The first-order valence-electron chi connectivity index (χ1n) is 10.2. The first kappa shape index (κ1) is 22.5. The van der Waals surface area contributed by atoms with E-state index in [2.05, 4.69) is 43.9 Å². The zero-order valence-corrected chi connectivity index (χ0v) is 19.8. The average Bonchev–Trinajstić information content (AvgIpc) is 2.91. The van der Waals surface area contributed by atoms with Gasteiger partial charge >= 0.3 is 0 Å². The fourth-order valence-corrected chi connectivity index (χ4v) is 4.29. The number of rotatable bonds is 4. The van der Waals surface area contributed by atoms with Gasteiger partial charge in [-0.2, -0.15) is 0 Å². The Morgan fingerprint density at radius 2 is 1.84 bits per heavy atom. The van der Waals surface area contributed by atoms with Gasteiger partial charge in [0.05, 0.1) is 5.57 Å². The molecule has 6 nitrogen and oxygen atoms in total. The van der Waals surface area contributed by atoms with Crippen LogP contribution < -0.4 is 4.43 Å². The molecule has 2 aliphatic rings. The number of hydrogen-bond donors (Lipinski definition) is 0. The summed E-state index contributed by atoms with van der Waals surface area (Å²) in [6.45, 7) is 12.6. The fraction of sp³-hybridized carbons (Fsp3) is 0.333. The van der Waals surface area contributed by atoms with E-state index in [0.29, 0.717) is 34.6 Å². The Hall–Kier alpha value is -3.15. The molecule has 0 aromatic heterocycles. The Morgan fingerprint density at radius 1 is 1.13 bits per heavy atom. The second-order valence-electron chi connectivity index (χ2n) is 9.29. The van der Waals surface area contributed by atoms with E-state index in [1.54, 1.807) is 30.4 Å². The maximum atomic E-state index is 13.0. The summed E-state index contributed by atoms with van der Waals surface area (Å²) in [5.41, 5.74) is 12.0. The first-order chi connectivity index (χ1) is 14.5. The van der Waals surface area contributed by atoms with Gasteiger partial charge in [-0.3, -0.25) is 9.59 Å². The molecule has 0 saturated heterocycles. The lowest BCUT2D eigenvalue weighted by Crippen LogP contribution is -2.43. The van der Waals surface area contributed by atoms with Crippen molar-refractivity contribution in [3.8, 4) is 5.75 Å². The molecule has 0 N–H and O–H groups in total. The Morgan fingerprint density at radius 3 is 2.45 bits per heavy atom. The first-order valence-corrected chi connectivity index (χ1v) is 13.1. The van der Waals surface area contributed by atoms with Gasteiger partial charge in [0.25, 0.3) is 0 Å². The lowest BCUT2D eigenvalue weighted by molar-refractivity contribution is -0.115. The largest absolute Gasteiger partial charge is 0.543 e. The van der Waals surface area contributed by atoms with Crippen molar-refractivity contribution in [3.05, 3.63) is 74.7 Å². The van der Waals surface area contributed by atoms with E-state index in [9.17, 15) is 9.59 Å². The van der Waals surface area contributed by atoms with E-state index < -0.39 is 8.32 Å². The molecular weight excluding hydrogens is 406 g/mol. The minimum Gasteiger partial charge on any atom is -0.543 e. The molecule has 0 bridgehead atoms. The summed E-state index contributed by atoms with van der Waals surface area (Å²) in [5, 5.41) is 3.70. The number of benzene rings is 1. The van der Waals surface area contributed by atoms with Crippen LogP contribution >= 0.6 is 0 Å². The number of carbonyl (C=O) groups excluding carboxylic acids is 2. The van der Waals surface area contributed by atoms with Gasteiger partial charge in [-0.25, -0.2) is 0 Å². The number of carbonyl (C=O) groups is 2. The third-order valence-electron chi connectivity index (χ3n) is 6.11. The van der Waals surface area contributed by atoms with E-state index in [1.807, 2.05) is 19.1 Å². The molecule has 0 unspecified atom stereocenters. The predicted octanol–water partition coefficient (Wildman–Crippen LogP) is 6.75. The molecule has 0 radical (unpaired) electrons. The van der Waals surface area contributed by atoms with Crippen molar-refractivity contribution in [1.82, 2.24) is 0 Å². The van der Waals surface area contributed by atoms with Crippen molar-refractivity contribution in [3.63, 3.8) is 0 Å². The number of hydrogen-bond acceptors (Lipinski definition) is 4. The lowest BCUT2D eigenvalue weighted by Gasteiger charge is -2.36. The quantitative estimate of drug-likeness (QED) is 0.131. The van der Waals surface area contributed by atoms with Gasteiger partial charge < -0.3 is 4.43 Å². The Labute approximate surface area is 183 Å². The molecule has 31 heavy (non-hydrogen) atoms. The van der Waals surface area contributed by atoms with E-state index in [4.69, 9.17) is 9.96 Å². The average molecular weight is 434 g/mol. The Bertz CT molecular complexity index is 1140. The molecule has 0 fully saturated rings. The van der Waals surface area contributed by atoms with Crippen molar-refractivity contribution in [2.45, 2.75) is 52.2 Å². The summed E-state index contributed by atoms with van der Waals surface area (Å²) in [5.74, 6) is 0.0484. The van der Waals surface area contributed by atoms with Crippen molar-refractivity contribution >= 4 is 31.6 Å². The zero-order valence-electron chi connectivity index (χ0n) is 18.8. The highest BCUT2D eigenvalue weighted by Gasteiger charge is 2.39. The second kappa shape index (κ2) is 8.17. The molecule has 2 aliphatic carbocycles. The predicted molar refractivity (Wildman–Crippen MR) is 126 cm³/mol. The van der Waals surface area contributed by atoms with Gasteiger partial charge in [-0.15, -0.1) is 0 Å². The molecule has 7 heteroatoms. The fourth-order valence-electron chi connectivity index (χ4n) is 3.28. The van der Waals surface area contributed by atoms with Crippen LogP contribution in [0.1, 0.15) is 39.7 Å². The van der Waals surface area contributed by atoms with E-state index in [-0.39, 0.29) is 22.2 Å². The van der Waals surface area contributed by atoms with Gasteiger partial charge in [0.1, 0.15) is 5.75 Å². The molecule has 1 aromatic rings. The summed E-state index contributed by atoms with van der Waals surface area (Å²) in [7, 11) is -2.14. The van der Waals surface area contributed by atoms with Crippen molar-refractivity contribution < 1.29 is 14.0 Å². The molecular formula is C24H27N3O3Si. The molecule has 3 rings (SSSR count). The highest BCUT2D eigenvalue weighted by atomic mass is 28.4. The van der Waals surface area contributed by atoms with Crippen LogP contribution in [0.3, 0.4) is 0 Å². The third-order valence-corrected chi connectivity index (χ3v) is 10.5. The summed E-state index contributed by atoms with van der Waals surface area (Å²) < 4.78 is 6.36. The van der Waals surface area contributed by atoms with Gasteiger partial charge in [0.2, 0.25) is 8.32 Å². The monoisotopic (exact) mass is 433 g/mol. The van der Waals surface area contributed by atoms with Crippen molar-refractivity contribution in [1.29, 1.82) is 0 Å². The van der Waals surface area contributed by atoms with Crippen LogP contribution in [-0.2, 0) is 9.59 Å². The van der Waals surface area contributed by atoms with Crippen molar-refractivity contribution in [2.24, 2.45) is 5.11 Å². The van der Waals surface area contributed by atoms with Crippen LogP contribution in [0, 0.1) is 0 Å². The standard InChI is InChI=1S/C24H27N3O3Si/c1-7-15-8-9-19-20(12-15)23(29)21(22(19)28)13-16-10-17(26-27-25)14-18(11-16)30-31(5,6)24(2,3)4/h7-11,13-14H,12H2,1-6H3/b15-7+,21-13?. The number of ketones is 2. The summed E-state index contributed by atoms with van der Waals surface area (Å²) in [6, 6.07) is 5.12. The topological polar surface area (TPSA) is 92.1 Å². The van der Waals surface area contributed by atoms with Gasteiger partial charge in [-0.05, 0) is 66.0 Å². The Balaban J connectivity index is 2.02. The van der Waals surface area contributed by atoms with Crippen LogP contribution in [0.4, 0.5) is 5.69 Å². The van der Waals surface area contributed by atoms with Gasteiger partial charge in [-0.1, -0.05) is 44.1 Å². The normalized spacial score (nSPS) is 19.2. The summed E-state index contributed by atoms with van der Waals surface area (Å²) >= 11 is 0. The SMILES string of the molecule is C/C=C1\C=CC2=C(C1)C(=O)C(=Cc1cc(N=[N+]=[N-])cc(O[Si](C)(C)C(C)(C)C)c1)C2=O. The van der Waals surface area contributed by atoms with Crippen LogP contribution in [0.15, 0.2) is 63.8 Å². The number of Topliss-reactive ketones (excluding diaryl/α,β-unsaturated/α-hetero) is 2. The molecule has 0 heterocycles. The zero-order chi connectivity index (χ0) is 23.0. The Kier molecular flexibility index (Phi) is 5.94. The minimum absolute atomic E-state index is 0.0165. The molecule has 0 atom stereocenters. The molecule has 1 aromatic carbocycles. The maximum Gasteiger partial charge on any atom is 0.250 e. The maximum absolute atomic E-state index is 13.0. The molecule has 0 spiro atoms. The van der Waals surface area contributed by atoms with Gasteiger partial charge in [0, 0.05) is 28.2 Å². The van der Waals surface area contributed by atoms with Crippen LogP contribution in [0.25, 0.3) is 16.5 Å². The summed E-state index contributed by atoms with van der Waals surface area (Å²) in [6.07, 6.45) is 7.56. The molecule has 0 saturated carbocycles. The highest BCUT2D eigenvalue weighted by molar-refractivity contribution is 6.74. The lowest BCUT2D eigenvalue weighted by atomic mass is 9.95. The van der Waals surface area contributed by atoms with Gasteiger partial charge in [0.15, 0.2) is 11.6 Å². The highest BCUT2D eigenvalue weighted by Crippen LogP contribution is 2.39.